The zero-order valence-electron chi connectivity index (χ0n) is 26.0. The smallest absolute Gasteiger partial charge is 0.147 e. The number of halogens is 3. The first-order valence-corrected chi connectivity index (χ1v) is 20.3. The third-order valence-corrected chi connectivity index (χ3v) is 20.7. The molecule has 0 N–H and O–H groups in total. The molecule has 1 atom stereocenters. The Labute approximate surface area is 280 Å². The van der Waals surface area contributed by atoms with Gasteiger partial charge in [-0.2, -0.15) is 0 Å². The number of hydrogen-bond acceptors (Lipinski definition) is 0. The number of hydrogen-bond donors (Lipinski definition) is 0. The van der Waals surface area contributed by atoms with Gasteiger partial charge in [-0.05, 0) is 0 Å². The Morgan fingerprint density at radius 3 is 1.98 bits per heavy atom. The Balaban J connectivity index is 0.00000212. The minimum atomic E-state index is -3.71. The molecule has 223 valence electrons. The molecule has 0 saturated carbocycles. The van der Waals surface area contributed by atoms with Crippen LogP contribution in [0.15, 0.2) is 106 Å². The van der Waals surface area contributed by atoms with Crippen LogP contribution in [0.4, 0.5) is 0 Å². The quantitative estimate of drug-likeness (QED) is 0.174. The molecule has 0 radical (unpaired) electrons. The predicted octanol–water partition coefficient (Wildman–Crippen LogP) is 10.1. The fourth-order valence-electron chi connectivity index (χ4n) is 6.54. The van der Waals surface area contributed by atoms with Crippen LogP contribution in [-0.4, -0.2) is 3.71 Å². The van der Waals surface area contributed by atoms with Crippen LogP contribution >= 0.6 is 36.4 Å². The maximum Gasteiger partial charge on any atom is -0.147 e. The van der Waals surface area contributed by atoms with Crippen LogP contribution in [0.25, 0.3) is 11.1 Å². The molecule has 0 aliphatic heterocycles. The average Bonchev–Trinajstić information content (AvgIpc) is 3.60. The topological polar surface area (TPSA) is 0 Å². The van der Waals surface area contributed by atoms with Gasteiger partial charge in [-0.15, -0.1) is 24.8 Å². The summed E-state index contributed by atoms with van der Waals surface area (Å²) in [5, 5.41) is 0.783. The number of benzene rings is 4. The van der Waals surface area contributed by atoms with Crippen molar-refractivity contribution in [2.45, 2.75) is 65.2 Å². The second kappa shape index (κ2) is 12.8. The van der Waals surface area contributed by atoms with Gasteiger partial charge in [0.25, 0.3) is 0 Å². The molecule has 2 aliphatic rings. The summed E-state index contributed by atoms with van der Waals surface area (Å²) in [6.45, 7) is 14.0. The number of fused-ring (bicyclic) bond motifs is 3. The Bertz CT molecular complexity index is 1750. The maximum absolute atomic E-state index is 6.37. The summed E-state index contributed by atoms with van der Waals surface area (Å²) in [7, 11) is 0. The Hall–Kier alpha value is -2.02. The molecule has 4 aromatic carbocycles. The van der Waals surface area contributed by atoms with E-state index < -0.39 is 19.8 Å². The van der Waals surface area contributed by atoms with Gasteiger partial charge in [0.15, 0.2) is 0 Å². The van der Waals surface area contributed by atoms with Crippen molar-refractivity contribution in [1.82, 2.24) is 0 Å². The van der Waals surface area contributed by atoms with Crippen LogP contribution < -0.4 is 6.54 Å². The Kier molecular flexibility index (Phi) is 10.1. The largest absolute Gasteiger partial charge is 0.147 e. The first kappa shape index (κ1) is 33.9. The van der Waals surface area contributed by atoms with Gasteiger partial charge in [-0.3, -0.25) is 0 Å². The van der Waals surface area contributed by atoms with Crippen LogP contribution in [0.5, 0.6) is 0 Å². The summed E-state index contributed by atoms with van der Waals surface area (Å²) in [5.74, 6) is 0. The predicted molar refractivity (Wildman–Crippen MR) is 191 cm³/mol. The van der Waals surface area contributed by atoms with E-state index >= 15 is 0 Å². The van der Waals surface area contributed by atoms with Gasteiger partial charge in [-0.1, -0.05) is 0 Å². The van der Waals surface area contributed by atoms with Crippen molar-refractivity contribution in [2.24, 2.45) is 0 Å². The second-order valence-corrected chi connectivity index (χ2v) is 23.2. The molecule has 0 amide bonds. The summed E-state index contributed by atoms with van der Waals surface area (Å²) in [5.41, 5.74) is 10.1. The van der Waals surface area contributed by atoms with E-state index in [2.05, 4.69) is 136 Å². The van der Waals surface area contributed by atoms with Gasteiger partial charge in [0.05, 0.1) is 0 Å². The van der Waals surface area contributed by atoms with Crippen molar-refractivity contribution in [3.63, 3.8) is 0 Å². The van der Waals surface area contributed by atoms with Gasteiger partial charge in [-0.25, -0.2) is 0 Å². The molecular weight excluding hydrogens is 666 g/mol. The molecular formula is C39H42Cl3Zr. The van der Waals surface area contributed by atoms with E-state index in [4.69, 9.17) is 11.6 Å². The number of rotatable bonds is 4. The zero-order chi connectivity index (χ0) is 29.0. The molecule has 4 aromatic rings. The van der Waals surface area contributed by atoms with Crippen molar-refractivity contribution in [1.29, 1.82) is 0 Å². The number of allylic oxidation sites excluding steroid dienone is 4. The third-order valence-electron chi connectivity index (χ3n) is 8.93. The van der Waals surface area contributed by atoms with Gasteiger partial charge >= 0.3 is 257 Å². The zero-order valence-corrected chi connectivity index (χ0v) is 30.8. The summed E-state index contributed by atoms with van der Waals surface area (Å²) >= 11 is 2.66. The van der Waals surface area contributed by atoms with Crippen LogP contribution in [-0.2, 0) is 37.0 Å². The van der Waals surface area contributed by atoms with Gasteiger partial charge in [0.1, 0.15) is 0 Å². The first-order chi connectivity index (χ1) is 19.5. The fourth-order valence-corrected chi connectivity index (χ4v) is 18.5. The molecule has 0 fully saturated rings. The molecule has 0 saturated heterocycles. The average molecular weight is 708 g/mol. The summed E-state index contributed by atoms with van der Waals surface area (Å²) in [6.07, 6.45) is 9.07. The minimum absolute atomic E-state index is 0. The van der Waals surface area contributed by atoms with Crippen LogP contribution in [0.1, 0.15) is 75.8 Å². The minimum Gasteiger partial charge on any atom is -0.147 e. The molecule has 0 bridgehead atoms. The Morgan fingerprint density at radius 1 is 0.721 bits per heavy atom. The molecule has 6 rings (SSSR count). The third kappa shape index (κ3) is 6.39. The van der Waals surface area contributed by atoms with Crippen LogP contribution in [0.2, 0.25) is 5.02 Å². The van der Waals surface area contributed by atoms with E-state index in [1.54, 1.807) is 6.55 Å². The van der Waals surface area contributed by atoms with E-state index in [0.717, 1.165) is 17.9 Å². The van der Waals surface area contributed by atoms with Crippen molar-refractivity contribution in [3.05, 3.63) is 139 Å². The van der Waals surface area contributed by atoms with Crippen molar-refractivity contribution in [3.8, 4) is 11.1 Å². The molecule has 1 unspecified atom stereocenters. The monoisotopic (exact) mass is 705 g/mol. The normalized spacial score (nSPS) is 15.0. The molecule has 0 aromatic heterocycles. The first-order valence-electron chi connectivity index (χ1n) is 14.8. The van der Waals surface area contributed by atoms with E-state index in [1.807, 2.05) is 12.1 Å². The van der Waals surface area contributed by atoms with E-state index in [9.17, 15) is 0 Å². The van der Waals surface area contributed by atoms with Crippen molar-refractivity contribution in [2.75, 3.05) is 0 Å². The standard InChI is InChI=1S/C21H25.C7H5Cl.C6H5.C5H5.2ClH.Zr/c1-20(2,3)16-9-7-14-11-15-8-10-17(21(4,5)6)13-19(15)18(14)12-16;1-6-2-4-7(8)5-3-6;1-2-4-6-5-3-1;1-2-4-5-3-1;;;/h7,9-10,12-13H,11H2,1-6H3;1-5H;1-5H;1-3H,4H2;2*1H;. The molecule has 2 aliphatic carbocycles. The van der Waals surface area contributed by atoms with Crippen molar-refractivity contribution >= 4 is 46.7 Å². The molecule has 0 spiro atoms. The SMILES string of the molecule is CC(C)(C)c1ccc2c(c1)-c1cc(C(C)(C)C)c[c]([Zr](=[CH]c3ccc(Cl)cc3)([C]3=CC=CC3)[c]3ccccc3)c1C2.Cl.Cl. The molecule has 43 heavy (non-hydrogen) atoms. The van der Waals surface area contributed by atoms with Crippen LogP contribution in [0, 0.1) is 0 Å². The Morgan fingerprint density at radius 2 is 1.37 bits per heavy atom. The molecule has 0 heterocycles. The maximum atomic E-state index is 6.37. The van der Waals surface area contributed by atoms with Gasteiger partial charge in [0, 0.05) is 0 Å². The van der Waals surface area contributed by atoms with E-state index in [0.29, 0.717) is 0 Å². The molecule has 0 nitrogen and oxygen atoms in total. The second-order valence-electron chi connectivity index (χ2n) is 13.8. The van der Waals surface area contributed by atoms with Crippen molar-refractivity contribution < 1.29 is 19.8 Å². The van der Waals surface area contributed by atoms with Gasteiger partial charge in [0.2, 0.25) is 0 Å². The summed E-state index contributed by atoms with van der Waals surface area (Å²) in [6, 6.07) is 32.3. The molecule has 4 heteroatoms. The summed E-state index contributed by atoms with van der Waals surface area (Å²) in [4.78, 5) is 0. The van der Waals surface area contributed by atoms with E-state index in [-0.39, 0.29) is 35.6 Å². The summed E-state index contributed by atoms with van der Waals surface area (Å²) < 4.78 is 7.42. The van der Waals surface area contributed by atoms with E-state index in [1.165, 1.54) is 42.2 Å². The fraction of sp³-hybridized carbons (Fsp3) is 0.256. The van der Waals surface area contributed by atoms with Crippen LogP contribution in [0.3, 0.4) is 0 Å². The van der Waals surface area contributed by atoms with Gasteiger partial charge < -0.3 is 0 Å².